The molecule has 0 spiro atoms. The third kappa shape index (κ3) is 3.26. The molecule has 2 saturated heterocycles. The van der Waals surface area contributed by atoms with Gasteiger partial charge >= 0.3 is 5.97 Å². The second-order valence-corrected chi connectivity index (χ2v) is 7.00. The molecule has 4 heterocycles. The molecule has 4 atom stereocenters. The SMILES string of the molecule is Cn1cc(NC(=O)[C@@H]2[C@@H](C(=O)O)[C@@H]3CC[C@H]2O3)c(C(=O)NCc2ccco2)n1. The van der Waals surface area contributed by atoms with Crippen molar-refractivity contribution in [1.29, 1.82) is 0 Å². The Labute approximate surface area is 159 Å². The maximum absolute atomic E-state index is 12.8. The normalized spacial score (nSPS) is 25.6. The molecular weight excluding hydrogens is 368 g/mol. The van der Waals surface area contributed by atoms with Crippen LogP contribution in [0.4, 0.5) is 5.69 Å². The van der Waals surface area contributed by atoms with Gasteiger partial charge in [-0.1, -0.05) is 0 Å². The van der Waals surface area contributed by atoms with Crippen LogP contribution in [-0.4, -0.2) is 44.9 Å². The monoisotopic (exact) mass is 388 g/mol. The van der Waals surface area contributed by atoms with E-state index in [-0.39, 0.29) is 17.9 Å². The predicted molar refractivity (Wildman–Crippen MR) is 94.2 cm³/mol. The van der Waals surface area contributed by atoms with Crippen LogP contribution in [-0.2, 0) is 27.9 Å². The van der Waals surface area contributed by atoms with E-state index in [9.17, 15) is 19.5 Å². The van der Waals surface area contributed by atoms with E-state index >= 15 is 0 Å². The van der Waals surface area contributed by atoms with Crippen LogP contribution in [0.1, 0.15) is 29.1 Å². The highest BCUT2D eigenvalue weighted by Gasteiger charge is 2.55. The van der Waals surface area contributed by atoms with Crippen molar-refractivity contribution >= 4 is 23.5 Å². The number of rotatable bonds is 6. The molecule has 2 amide bonds. The third-order valence-corrected chi connectivity index (χ3v) is 5.17. The number of nitrogens with zero attached hydrogens (tertiary/aromatic N) is 2. The molecule has 0 saturated carbocycles. The van der Waals surface area contributed by atoms with E-state index < -0.39 is 41.8 Å². The summed E-state index contributed by atoms with van der Waals surface area (Å²) in [5.41, 5.74) is 0.259. The maximum atomic E-state index is 12.8. The van der Waals surface area contributed by atoms with Crippen LogP contribution >= 0.6 is 0 Å². The second kappa shape index (κ2) is 7.12. The van der Waals surface area contributed by atoms with Gasteiger partial charge in [-0.05, 0) is 25.0 Å². The van der Waals surface area contributed by atoms with Crippen molar-refractivity contribution in [3.05, 3.63) is 36.0 Å². The number of carboxylic acid groups (broad SMARTS) is 1. The predicted octanol–water partition coefficient (Wildman–Crippen LogP) is 0.760. The Kier molecular flexibility index (Phi) is 4.63. The molecule has 0 radical (unpaired) electrons. The number of carboxylic acids is 1. The smallest absolute Gasteiger partial charge is 0.310 e. The number of ether oxygens (including phenoxy) is 1. The number of aromatic nitrogens is 2. The number of aryl methyl sites for hydroxylation is 1. The van der Waals surface area contributed by atoms with E-state index in [1.54, 1.807) is 19.2 Å². The summed E-state index contributed by atoms with van der Waals surface area (Å²) >= 11 is 0. The van der Waals surface area contributed by atoms with Crippen molar-refractivity contribution in [2.24, 2.45) is 18.9 Å². The number of hydrogen-bond donors (Lipinski definition) is 3. The van der Waals surface area contributed by atoms with Gasteiger partial charge in [-0.15, -0.1) is 0 Å². The molecule has 2 aliphatic rings. The number of carbonyl (C=O) groups is 3. The minimum absolute atomic E-state index is 0.0401. The van der Waals surface area contributed by atoms with Crippen LogP contribution in [0.2, 0.25) is 0 Å². The van der Waals surface area contributed by atoms with Gasteiger partial charge in [-0.3, -0.25) is 19.1 Å². The van der Waals surface area contributed by atoms with E-state index in [1.807, 2.05) is 0 Å². The molecule has 0 aliphatic carbocycles. The fourth-order valence-corrected chi connectivity index (χ4v) is 3.95. The van der Waals surface area contributed by atoms with Gasteiger partial charge in [0.05, 0.1) is 42.5 Å². The first kappa shape index (κ1) is 18.2. The van der Waals surface area contributed by atoms with Crippen LogP contribution < -0.4 is 10.6 Å². The molecule has 2 bridgehead atoms. The Hall–Kier alpha value is -3.14. The number of aliphatic carboxylic acids is 1. The Morgan fingerprint density at radius 2 is 2.04 bits per heavy atom. The van der Waals surface area contributed by atoms with Crippen molar-refractivity contribution < 1.29 is 28.6 Å². The number of anilines is 1. The van der Waals surface area contributed by atoms with Crippen LogP contribution in [0.25, 0.3) is 0 Å². The Morgan fingerprint density at radius 1 is 1.29 bits per heavy atom. The highest BCUT2D eigenvalue weighted by molar-refractivity contribution is 6.03. The van der Waals surface area contributed by atoms with E-state index in [4.69, 9.17) is 9.15 Å². The second-order valence-electron chi connectivity index (χ2n) is 7.00. The summed E-state index contributed by atoms with van der Waals surface area (Å²) in [6, 6.07) is 3.44. The van der Waals surface area contributed by atoms with Gasteiger partial charge in [0.25, 0.3) is 5.91 Å². The zero-order chi connectivity index (χ0) is 19.8. The van der Waals surface area contributed by atoms with E-state index in [0.717, 1.165) is 0 Å². The summed E-state index contributed by atoms with van der Waals surface area (Å²) in [6.07, 6.45) is 3.44. The molecule has 0 aromatic carbocycles. The molecule has 4 rings (SSSR count). The molecule has 2 aliphatic heterocycles. The summed E-state index contributed by atoms with van der Waals surface area (Å²) in [7, 11) is 1.62. The Bertz CT molecular complexity index is 905. The lowest BCUT2D eigenvalue weighted by molar-refractivity contribution is -0.147. The van der Waals surface area contributed by atoms with Crippen molar-refractivity contribution in [1.82, 2.24) is 15.1 Å². The first-order chi connectivity index (χ1) is 13.4. The summed E-state index contributed by atoms with van der Waals surface area (Å²) < 4.78 is 12.2. The van der Waals surface area contributed by atoms with Gasteiger partial charge in [-0.25, -0.2) is 0 Å². The van der Waals surface area contributed by atoms with Crippen molar-refractivity contribution in [2.45, 2.75) is 31.6 Å². The van der Waals surface area contributed by atoms with Crippen LogP contribution in [0.5, 0.6) is 0 Å². The number of amides is 2. The quantitative estimate of drug-likeness (QED) is 0.665. The molecule has 28 heavy (non-hydrogen) atoms. The lowest BCUT2D eigenvalue weighted by Gasteiger charge is -2.23. The molecule has 2 aromatic heterocycles. The van der Waals surface area contributed by atoms with Gasteiger partial charge in [-0.2, -0.15) is 5.10 Å². The number of nitrogens with one attached hydrogen (secondary N) is 2. The summed E-state index contributed by atoms with van der Waals surface area (Å²) in [6.45, 7) is 0.178. The Morgan fingerprint density at radius 3 is 2.71 bits per heavy atom. The fourth-order valence-electron chi connectivity index (χ4n) is 3.95. The molecule has 148 valence electrons. The molecule has 10 heteroatoms. The van der Waals surface area contributed by atoms with Gasteiger partial charge in [0.15, 0.2) is 5.69 Å². The molecule has 3 N–H and O–H groups in total. The summed E-state index contributed by atoms with van der Waals surface area (Å²) in [4.78, 5) is 36.9. The van der Waals surface area contributed by atoms with Crippen LogP contribution in [0.3, 0.4) is 0 Å². The van der Waals surface area contributed by atoms with Crippen LogP contribution in [0.15, 0.2) is 29.0 Å². The van der Waals surface area contributed by atoms with Crippen molar-refractivity contribution in [3.63, 3.8) is 0 Å². The zero-order valence-electron chi connectivity index (χ0n) is 15.1. The summed E-state index contributed by atoms with van der Waals surface area (Å²) in [5.74, 6) is -3.10. The third-order valence-electron chi connectivity index (χ3n) is 5.17. The summed E-state index contributed by atoms with van der Waals surface area (Å²) in [5, 5.41) is 18.9. The lowest BCUT2D eigenvalue weighted by Crippen LogP contribution is -2.41. The van der Waals surface area contributed by atoms with E-state index in [1.165, 1.54) is 17.1 Å². The zero-order valence-corrected chi connectivity index (χ0v) is 15.1. The van der Waals surface area contributed by atoms with Gasteiger partial charge < -0.3 is 24.9 Å². The average molecular weight is 388 g/mol. The van der Waals surface area contributed by atoms with Crippen molar-refractivity contribution in [3.8, 4) is 0 Å². The minimum Gasteiger partial charge on any atom is -0.481 e. The minimum atomic E-state index is -1.05. The fraction of sp³-hybridized carbons (Fsp3) is 0.444. The number of hydrogen-bond acceptors (Lipinski definition) is 6. The highest BCUT2D eigenvalue weighted by atomic mass is 16.5. The number of furan rings is 1. The molecular formula is C18H20N4O6. The topological polar surface area (TPSA) is 136 Å². The highest BCUT2D eigenvalue weighted by Crippen LogP contribution is 2.44. The number of carbonyl (C=O) groups excluding carboxylic acids is 2. The van der Waals surface area contributed by atoms with Gasteiger partial charge in [0, 0.05) is 13.2 Å². The van der Waals surface area contributed by atoms with Crippen LogP contribution in [0, 0.1) is 11.8 Å². The molecule has 10 nitrogen and oxygen atoms in total. The van der Waals surface area contributed by atoms with E-state index in [0.29, 0.717) is 18.6 Å². The number of fused-ring (bicyclic) bond motifs is 2. The average Bonchev–Trinajstić information content (AvgIpc) is 3.43. The van der Waals surface area contributed by atoms with Gasteiger partial charge in [0.2, 0.25) is 5.91 Å². The first-order valence-electron chi connectivity index (χ1n) is 8.97. The van der Waals surface area contributed by atoms with Crippen molar-refractivity contribution in [2.75, 3.05) is 5.32 Å². The molecule has 0 unspecified atom stereocenters. The molecule has 2 fully saturated rings. The lowest BCUT2D eigenvalue weighted by atomic mass is 9.78. The van der Waals surface area contributed by atoms with Gasteiger partial charge in [0.1, 0.15) is 5.76 Å². The molecule has 2 aromatic rings. The standard InChI is InChI=1S/C18H20N4O6/c1-22-8-10(15(21-22)17(24)19-7-9-3-2-6-27-9)20-16(23)13-11-4-5-12(28-11)14(13)18(25)26/h2-3,6,8,11-14H,4-5,7H2,1H3,(H,19,24)(H,20,23)(H,25,26)/t11-,12+,13+,14+/m1/s1. The Balaban J connectivity index is 1.48. The largest absolute Gasteiger partial charge is 0.481 e. The first-order valence-corrected chi connectivity index (χ1v) is 8.97. The van der Waals surface area contributed by atoms with E-state index in [2.05, 4.69) is 15.7 Å². The maximum Gasteiger partial charge on any atom is 0.310 e.